The van der Waals surface area contributed by atoms with Crippen molar-refractivity contribution in [3.05, 3.63) is 64.9 Å². The van der Waals surface area contributed by atoms with Gasteiger partial charge in [0.2, 0.25) is 5.91 Å². The number of rotatable bonds is 6. The van der Waals surface area contributed by atoms with Gasteiger partial charge in [-0.2, -0.15) is 0 Å². The molecule has 0 aliphatic rings. The van der Waals surface area contributed by atoms with Crippen LogP contribution in [0.5, 0.6) is 0 Å². The predicted molar refractivity (Wildman–Crippen MR) is 89.9 cm³/mol. The lowest BCUT2D eigenvalue weighted by atomic mass is 10.1. The number of halogens is 2. The van der Waals surface area contributed by atoms with E-state index in [0.717, 1.165) is 10.5 Å². The van der Waals surface area contributed by atoms with Crippen LogP contribution in [-0.4, -0.2) is 17.7 Å². The van der Waals surface area contributed by atoms with E-state index in [4.69, 9.17) is 11.6 Å². The highest BCUT2D eigenvalue weighted by atomic mass is 35.5. The Bertz CT molecular complexity index is 616. The summed E-state index contributed by atoms with van der Waals surface area (Å²) in [6.07, 6.45) is 0.685. The molecule has 0 heterocycles. The second-order valence-electron chi connectivity index (χ2n) is 4.88. The lowest BCUT2D eigenvalue weighted by Gasteiger charge is -2.12. The Morgan fingerprint density at radius 1 is 1.18 bits per heavy atom. The van der Waals surface area contributed by atoms with Gasteiger partial charge < -0.3 is 5.32 Å². The third-order valence-electron chi connectivity index (χ3n) is 3.12. The van der Waals surface area contributed by atoms with Gasteiger partial charge in [0.25, 0.3) is 0 Å². The molecule has 0 aromatic heterocycles. The maximum atomic E-state index is 12.8. The van der Waals surface area contributed by atoms with Crippen LogP contribution in [0.4, 0.5) is 4.39 Å². The number of nitrogens with one attached hydrogen (secondary N) is 1. The van der Waals surface area contributed by atoms with Crippen molar-refractivity contribution in [1.82, 2.24) is 5.32 Å². The third-order valence-corrected chi connectivity index (χ3v) is 4.49. The Morgan fingerprint density at radius 2 is 1.82 bits per heavy atom. The normalized spacial score (nSPS) is 12.0. The smallest absolute Gasteiger partial charge is 0.233 e. The second kappa shape index (κ2) is 8.20. The van der Waals surface area contributed by atoms with Crippen molar-refractivity contribution in [1.29, 1.82) is 0 Å². The van der Waals surface area contributed by atoms with Crippen LogP contribution in [0.3, 0.4) is 0 Å². The zero-order valence-electron chi connectivity index (χ0n) is 12.2. The minimum absolute atomic E-state index is 0.0120. The van der Waals surface area contributed by atoms with E-state index < -0.39 is 0 Å². The SMILES string of the molecule is CC(Sc1ccc(Cl)cc1)C(=O)NCCc1ccc(F)cc1. The average Bonchev–Trinajstić information content (AvgIpc) is 2.51. The van der Waals surface area contributed by atoms with Gasteiger partial charge in [-0.1, -0.05) is 23.7 Å². The Hall–Kier alpha value is -1.52. The molecule has 0 bridgehead atoms. The summed E-state index contributed by atoms with van der Waals surface area (Å²) in [6.45, 7) is 2.41. The highest BCUT2D eigenvalue weighted by molar-refractivity contribution is 8.00. The maximum Gasteiger partial charge on any atom is 0.233 e. The first-order valence-electron chi connectivity index (χ1n) is 6.99. The first kappa shape index (κ1) is 16.8. The molecule has 0 fully saturated rings. The van der Waals surface area contributed by atoms with E-state index in [0.29, 0.717) is 18.0 Å². The standard InChI is InChI=1S/C17H17ClFNOS/c1-12(22-16-8-4-14(18)5-9-16)17(21)20-11-10-13-2-6-15(19)7-3-13/h2-9,12H,10-11H2,1H3,(H,20,21). The number of amides is 1. The lowest BCUT2D eigenvalue weighted by Crippen LogP contribution is -2.32. The largest absolute Gasteiger partial charge is 0.355 e. The van der Waals surface area contributed by atoms with Crippen LogP contribution in [0, 0.1) is 5.82 Å². The summed E-state index contributed by atoms with van der Waals surface area (Å²) in [4.78, 5) is 13.0. The van der Waals surface area contributed by atoms with E-state index in [-0.39, 0.29) is 17.0 Å². The van der Waals surface area contributed by atoms with Crippen molar-refractivity contribution in [3.63, 3.8) is 0 Å². The van der Waals surface area contributed by atoms with Crippen molar-refractivity contribution in [2.24, 2.45) is 0 Å². The van der Waals surface area contributed by atoms with Crippen LogP contribution in [0.15, 0.2) is 53.4 Å². The maximum absolute atomic E-state index is 12.8. The van der Waals surface area contributed by atoms with E-state index in [1.54, 1.807) is 12.1 Å². The Labute approximate surface area is 139 Å². The summed E-state index contributed by atoms with van der Waals surface area (Å²) in [5, 5.41) is 3.39. The molecule has 2 aromatic rings. The van der Waals surface area contributed by atoms with Crippen LogP contribution in [0.1, 0.15) is 12.5 Å². The Kier molecular flexibility index (Phi) is 6.28. The van der Waals surface area contributed by atoms with Gasteiger partial charge in [0.15, 0.2) is 0 Å². The Morgan fingerprint density at radius 3 is 2.45 bits per heavy atom. The van der Waals surface area contributed by atoms with Crippen molar-refractivity contribution in [2.45, 2.75) is 23.5 Å². The fraction of sp³-hybridized carbons (Fsp3) is 0.235. The molecule has 5 heteroatoms. The van der Waals surface area contributed by atoms with Gasteiger partial charge in [-0.05, 0) is 55.3 Å². The minimum atomic E-state index is -0.249. The van der Waals surface area contributed by atoms with Gasteiger partial charge in [-0.3, -0.25) is 4.79 Å². The lowest BCUT2D eigenvalue weighted by molar-refractivity contribution is -0.120. The topological polar surface area (TPSA) is 29.1 Å². The molecule has 1 N–H and O–H groups in total. The van der Waals surface area contributed by atoms with Crippen LogP contribution in [-0.2, 0) is 11.2 Å². The quantitative estimate of drug-likeness (QED) is 0.795. The molecular formula is C17H17ClFNOS. The van der Waals surface area contributed by atoms with E-state index >= 15 is 0 Å². The van der Waals surface area contributed by atoms with Gasteiger partial charge in [-0.15, -0.1) is 11.8 Å². The first-order chi connectivity index (χ1) is 10.5. The van der Waals surface area contributed by atoms with E-state index in [9.17, 15) is 9.18 Å². The molecule has 22 heavy (non-hydrogen) atoms. The molecular weight excluding hydrogens is 321 g/mol. The van der Waals surface area contributed by atoms with Gasteiger partial charge in [0, 0.05) is 16.5 Å². The molecule has 1 atom stereocenters. The molecule has 0 saturated carbocycles. The molecule has 1 amide bonds. The number of carbonyl (C=O) groups excluding carboxylic acids is 1. The van der Waals surface area contributed by atoms with Gasteiger partial charge >= 0.3 is 0 Å². The number of carbonyl (C=O) groups is 1. The fourth-order valence-corrected chi connectivity index (χ4v) is 2.91. The summed E-state index contributed by atoms with van der Waals surface area (Å²) in [5.41, 5.74) is 1.000. The molecule has 2 rings (SSSR count). The van der Waals surface area contributed by atoms with Crippen LogP contribution in [0.25, 0.3) is 0 Å². The third kappa shape index (κ3) is 5.35. The molecule has 2 aromatic carbocycles. The highest BCUT2D eigenvalue weighted by Crippen LogP contribution is 2.24. The zero-order valence-corrected chi connectivity index (χ0v) is 13.8. The first-order valence-corrected chi connectivity index (χ1v) is 8.25. The number of thioether (sulfide) groups is 1. The van der Waals surface area contributed by atoms with E-state index in [1.165, 1.54) is 23.9 Å². The van der Waals surface area contributed by atoms with Crippen LogP contribution >= 0.6 is 23.4 Å². The van der Waals surface area contributed by atoms with Crippen molar-refractivity contribution in [3.8, 4) is 0 Å². The van der Waals surface area contributed by atoms with Gasteiger partial charge in [0.05, 0.1) is 5.25 Å². The summed E-state index contributed by atoms with van der Waals surface area (Å²) in [5.74, 6) is -0.261. The molecule has 0 aliphatic carbocycles. The molecule has 2 nitrogen and oxygen atoms in total. The molecule has 0 saturated heterocycles. The molecule has 0 aliphatic heterocycles. The molecule has 0 spiro atoms. The second-order valence-corrected chi connectivity index (χ2v) is 6.73. The highest BCUT2D eigenvalue weighted by Gasteiger charge is 2.13. The monoisotopic (exact) mass is 337 g/mol. The summed E-state index contributed by atoms with van der Waals surface area (Å²) in [6, 6.07) is 13.7. The van der Waals surface area contributed by atoms with Gasteiger partial charge in [0.1, 0.15) is 5.82 Å². The predicted octanol–water partition coefficient (Wildman–Crippen LogP) is 4.32. The number of hydrogen-bond donors (Lipinski definition) is 1. The number of hydrogen-bond acceptors (Lipinski definition) is 2. The molecule has 116 valence electrons. The van der Waals surface area contributed by atoms with Crippen LogP contribution < -0.4 is 5.32 Å². The van der Waals surface area contributed by atoms with E-state index in [2.05, 4.69) is 5.32 Å². The zero-order chi connectivity index (χ0) is 15.9. The van der Waals surface area contributed by atoms with Crippen molar-refractivity contribution >= 4 is 29.3 Å². The molecule has 0 radical (unpaired) electrons. The summed E-state index contributed by atoms with van der Waals surface area (Å²) >= 11 is 7.32. The van der Waals surface area contributed by atoms with Crippen molar-refractivity contribution in [2.75, 3.05) is 6.54 Å². The van der Waals surface area contributed by atoms with Crippen LogP contribution in [0.2, 0.25) is 5.02 Å². The fourth-order valence-electron chi connectivity index (χ4n) is 1.90. The molecule has 1 unspecified atom stereocenters. The number of benzene rings is 2. The van der Waals surface area contributed by atoms with Gasteiger partial charge in [-0.25, -0.2) is 4.39 Å². The summed E-state index contributed by atoms with van der Waals surface area (Å²) in [7, 11) is 0. The minimum Gasteiger partial charge on any atom is -0.355 e. The summed E-state index contributed by atoms with van der Waals surface area (Å²) < 4.78 is 12.8. The van der Waals surface area contributed by atoms with E-state index in [1.807, 2.05) is 31.2 Å². The van der Waals surface area contributed by atoms with Crippen molar-refractivity contribution < 1.29 is 9.18 Å². The average molecular weight is 338 g/mol. The Balaban J connectivity index is 1.76.